The second-order valence-corrected chi connectivity index (χ2v) is 22.9. The lowest BCUT2D eigenvalue weighted by molar-refractivity contribution is -0.165. The van der Waals surface area contributed by atoms with Crippen LogP contribution in [-0.2, 0) is 29.9 Å². The molecule has 0 bridgehead atoms. The topological polar surface area (TPSA) is 82.1 Å². The molecule has 0 aromatic heterocycles. The van der Waals surface area contributed by atoms with Crippen molar-refractivity contribution in [2.45, 2.75) is 129 Å². The third-order valence-corrected chi connectivity index (χ3v) is 17.6. The van der Waals surface area contributed by atoms with Crippen molar-refractivity contribution in [1.29, 1.82) is 0 Å². The van der Waals surface area contributed by atoms with Crippen LogP contribution in [0.2, 0.25) is 18.1 Å². The van der Waals surface area contributed by atoms with Gasteiger partial charge < -0.3 is 13.9 Å². The van der Waals surface area contributed by atoms with Gasteiger partial charge >= 0.3 is 0 Å². The molecule has 1 spiro atoms. The van der Waals surface area contributed by atoms with E-state index >= 15 is 9.59 Å². The van der Waals surface area contributed by atoms with Crippen molar-refractivity contribution in [1.82, 2.24) is 4.90 Å². The van der Waals surface area contributed by atoms with E-state index in [2.05, 4.69) is 59.9 Å². The van der Waals surface area contributed by atoms with Gasteiger partial charge in [0.15, 0.2) is 14.1 Å². The Bertz CT molecular complexity index is 1730. The van der Waals surface area contributed by atoms with Crippen LogP contribution in [0, 0.1) is 29.1 Å². The number of fused-ring (bicyclic) bond motifs is 1. The maximum Gasteiger partial charge on any atom is 0.260 e. The highest BCUT2D eigenvalue weighted by Crippen LogP contribution is 2.61. The summed E-state index contributed by atoms with van der Waals surface area (Å²) >= 11 is 0. The summed E-state index contributed by atoms with van der Waals surface area (Å²) in [5.41, 5.74) is -0.0109. The van der Waals surface area contributed by atoms with Crippen LogP contribution in [0.5, 0.6) is 0 Å². The maximum absolute atomic E-state index is 15.8. The van der Waals surface area contributed by atoms with Crippen molar-refractivity contribution in [2.24, 2.45) is 29.1 Å². The van der Waals surface area contributed by atoms with E-state index in [1.807, 2.05) is 69.3 Å². The third-order valence-electron chi connectivity index (χ3n) is 13.1. The number of hydrogen-bond donors (Lipinski definition) is 0. The smallest absolute Gasteiger partial charge is 0.260 e. The lowest BCUT2D eigenvalue weighted by Crippen LogP contribution is -2.61. The standard InChI is InChI=1S/C44H59NO6Si/c1-28-19-18-24-33-37(50-52(10,11)41(4,5)6)30(3)29(2)36-34(27-31-20-14-12-15-21-31)45(39(47)32-22-16-13-17-23-32)40(48)44(33,36)35(46)25-26-43(9)38(28)49-42(7,8)51-43/h12-18,20-24,28-29,33-34,36-38H,3,19,25-27H2,1-2,4-11H3/b24-18+/t28-,29+,33-,34-,36-,37+,38+,43+,44+/m0/s1. The van der Waals surface area contributed by atoms with Gasteiger partial charge in [0.05, 0.1) is 17.8 Å². The monoisotopic (exact) mass is 725 g/mol. The van der Waals surface area contributed by atoms with E-state index in [1.54, 1.807) is 12.1 Å². The summed E-state index contributed by atoms with van der Waals surface area (Å²) in [4.78, 5) is 47.7. The molecule has 0 unspecified atom stereocenters. The van der Waals surface area contributed by atoms with Gasteiger partial charge in [-0.15, -0.1) is 0 Å². The Morgan fingerprint density at radius 1 is 1.00 bits per heavy atom. The molecule has 8 heteroatoms. The Kier molecular flexibility index (Phi) is 10.1. The van der Waals surface area contributed by atoms with E-state index in [4.69, 9.17) is 20.5 Å². The first kappa shape index (κ1) is 38.5. The number of amides is 2. The van der Waals surface area contributed by atoms with Crippen LogP contribution in [0.3, 0.4) is 0 Å². The molecule has 7 nitrogen and oxygen atoms in total. The Balaban J connectivity index is 1.59. The van der Waals surface area contributed by atoms with Crippen LogP contribution >= 0.6 is 0 Å². The Labute approximate surface area is 312 Å². The van der Waals surface area contributed by atoms with Crippen molar-refractivity contribution < 1.29 is 28.3 Å². The number of ether oxygens (including phenoxy) is 2. The molecule has 0 N–H and O–H groups in total. The molecule has 2 aromatic carbocycles. The zero-order valence-corrected chi connectivity index (χ0v) is 33.9. The van der Waals surface area contributed by atoms with E-state index < -0.39 is 55.0 Å². The Morgan fingerprint density at radius 3 is 2.23 bits per heavy atom. The largest absolute Gasteiger partial charge is 0.410 e. The highest BCUT2D eigenvalue weighted by atomic mass is 28.4. The lowest BCUT2D eigenvalue weighted by Gasteiger charge is -2.53. The molecular weight excluding hydrogens is 667 g/mol. The van der Waals surface area contributed by atoms with Gasteiger partial charge in [0.2, 0.25) is 5.91 Å². The summed E-state index contributed by atoms with van der Waals surface area (Å²) in [5, 5.41) is -0.130. The molecule has 2 aromatic rings. The fraction of sp³-hybridized carbons (Fsp3) is 0.568. The number of carbonyl (C=O) groups is 3. The van der Waals surface area contributed by atoms with E-state index in [1.165, 1.54) is 4.90 Å². The number of likely N-dealkylation sites (tertiary alicyclic amines) is 1. The number of Topliss-reactive ketones (excluding diaryl/α,β-unsaturated/α-hetero) is 1. The zero-order valence-electron chi connectivity index (χ0n) is 32.9. The van der Waals surface area contributed by atoms with Crippen LogP contribution in [-0.4, -0.2) is 60.5 Å². The molecule has 4 aliphatic rings. The summed E-state index contributed by atoms with van der Waals surface area (Å²) in [6.07, 6.45) is 4.94. The Hall–Kier alpha value is -3.17. The zero-order chi connectivity index (χ0) is 38.0. The van der Waals surface area contributed by atoms with Crippen LogP contribution in [0.25, 0.3) is 0 Å². The molecule has 2 heterocycles. The molecule has 2 aliphatic heterocycles. The third kappa shape index (κ3) is 6.41. The van der Waals surface area contributed by atoms with Crippen molar-refractivity contribution in [3.8, 4) is 0 Å². The predicted molar refractivity (Wildman–Crippen MR) is 207 cm³/mol. The van der Waals surface area contributed by atoms with Gasteiger partial charge in [-0.1, -0.05) is 102 Å². The van der Waals surface area contributed by atoms with Gasteiger partial charge in [-0.25, -0.2) is 0 Å². The first-order valence-corrected chi connectivity index (χ1v) is 22.1. The average molecular weight is 726 g/mol. The molecule has 280 valence electrons. The van der Waals surface area contributed by atoms with Crippen molar-refractivity contribution in [2.75, 3.05) is 0 Å². The molecule has 9 atom stereocenters. The quantitative estimate of drug-likeness (QED) is 0.133. The van der Waals surface area contributed by atoms with Gasteiger partial charge in [-0.3, -0.25) is 19.3 Å². The van der Waals surface area contributed by atoms with Crippen molar-refractivity contribution in [3.05, 3.63) is 96.1 Å². The van der Waals surface area contributed by atoms with Gasteiger partial charge in [-0.05, 0) is 93.3 Å². The van der Waals surface area contributed by atoms with E-state index in [9.17, 15) is 4.79 Å². The van der Waals surface area contributed by atoms with E-state index in [-0.39, 0.29) is 41.1 Å². The van der Waals surface area contributed by atoms with Crippen LogP contribution < -0.4 is 0 Å². The fourth-order valence-corrected chi connectivity index (χ4v) is 10.8. The second kappa shape index (κ2) is 13.6. The first-order valence-electron chi connectivity index (χ1n) is 19.2. The maximum atomic E-state index is 15.8. The molecule has 2 saturated heterocycles. The first-order chi connectivity index (χ1) is 24.2. The number of benzene rings is 2. The molecule has 1 saturated carbocycles. The highest BCUT2D eigenvalue weighted by molar-refractivity contribution is 6.74. The molecule has 0 radical (unpaired) electrons. The molecule has 3 fully saturated rings. The number of ketones is 1. The van der Waals surface area contributed by atoms with Gasteiger partial charge in [-0.2, -0.15) is 0 Å². The number of rotatable bonds is 5. The van der Waals surface area contributed by atoms with Gasteiger partial charge in [0.25, 0.3) is 5.91 Å². The number of hydrogen-bond acceptors (Lipinski definition) is 6. The van der Waals surface area contributed by atoms with E-state index in [0.29, 0.717) is 24.8 Å². The summed E-state index contributed by atoms with van der Waals surface area (Å²) in [6.45, 7) is 25.9. The van der Waals surface area contributed by atoms with E-state index in [0.717, 1.165) is 11.1 Å². The molecule has 52 heavy (non-hydrogen) atoms. The normalized spacial score (nSPS) is 35.7. The molecule has 2 aliphatic carbocycles. The van der Waals surface area contributed by atoms with Crippen LogP contribution in [0.15, 0.2) is 85.0 Å². The average Bonchev–Trinajstić information content (AvgIpc) is 3.48. The number of carbonyl (C=O) groups excluding carboxylic acids is 3. The van der Waals surface area contributed by atoms with Crippen LogP contribution in [0.1, 0.15) is 90.6 Å². The SMILES string of the molecule is C=C1[C@@H](C)[C@H]2[C@H](Cc3ccccc3)N(C(=O)c3ccccc3)C(=O)[C@]23C(=O)CC[C@@]2(C)OC(C)(C)O[C@@H]2[C@@H](C)C/C=C/[C@H]3[C@@H]1O[Si](C)(C)C(C)(C)C. The molecule has 6 rings (SSSR count). The minimum absolute atomic E-state index is 0.0784. The fourth-order valence-electron chi connectivity index (χ4n) is 9.55. The van der Waals surface area contributed by atoms with Crippen molar-refractivity contribution >= 4 is 25.9 Å². The van der Waals surface area contributed by atoms with Crippen LogP contribution in [0.4, 0.5) is 0 Å². The summed E-state index contributed by atoms with van der Waals surface area (Å²) in [5.74, 6) is -3.18. The minimum atomic E-state index is -2.46. The summed E-state index contributed by atoms with van der Waals surface area (Å²) < 4.78 is 20.4. The summed E-state index contributed by atoms with van der Waals surface area (Å²) in [7, 11) is -2.46. The Morgan fingerprint density at radius 2 is 1.62 bits per heavy atom. The summed E-state index contributed by atoms with van der Waals surface area (Å²) in [6, 6.07) is 18.4. The second-order valence-electron chi connectivity index (χ2n) is 18.1. The van der Waals surface area contributed by atoms with Crippen molar-refractivity contribution in [3.63, 3.8) is 0 Å². The molecular formula is C44H59NO6Si. The highest BCUT2D eigenvalue weighted by Gasteiger charge is 2.72. The van der Waals surface area contributed by atoms with Gasteiger partial charge in [0.1, 0.15) is 11.2 Å². The number of allylic oxidation sites excluding steroid dienone is 1. The minimum Gasteiger partial charge on any atom is -0.410 e. The van der Waals surface area contributed by atoms with Gasteiger partial charge in [0, 0.05) is 29.9 Å². The number of nitrogens with zero attached hydrogens (tertiary/aromatic N) is 1. The number of imide groups is 1. The lowest BCUT2D eigenvalue weighted by atomic mass is 9.51. The molecule has 2 amide bonds. The predicted octanol–water partition coefficient (Wildman–Crippen LogP) is 8.95.